The van der Waals surface area contributed by atoms with Gasteiger partial charge in [-0.25, -0.2) is 0 Å². The van der Waals surface area contributed by atoms with E-state index in [4.69, 9.17) is 33.2 Å². The number of aliphatic hydroxyl groups excluding tert-OH is 1. The van der Waals surface area contributed by atoms with Gasteiger partial charge in [-0.1, -0.05) is 41.5 Å². The molecule has 0 saturated carbocycles. The molecule has 0 aromatic rings. The highest BCUT2D eigenvalue weighted by Gasteiger charge is 2.65. The Morgan fingerprint density at radius 3 is 2.25 bits per heavy atom. The van der Waals surface area contributed by atoms with Crippen molar-refractivity contribution in [1.82, 2.24) is 0 Å². The third-order valence-electron chi connectivity index (χ3n) is 14.4. The Balaban J connectivity index is 1.13. The summed E-state index contributed by atoms with van der Waals surface area (Å²) in [6, 6.07) is 0. The molecule has 0 aliphatic carbocycles. The lowest BCUT2D eigenvalue weighted by Crippen LogP contribution is -2.58. The predicted molar refractivity (Wildman–Crippen MR) is 189 cm³/mol. The second kappa shape index (κ2) is 14.6. The van der Waals surface area contributed by atoms with E-state index < -0.39 is 41.3 Å². The first kappa shape index (κ1) is 39.8. The van der Waals surface area contributed by atoms with E-state index in [1.54, 1.807) is 14.0 Å². The zero-order valence-electron chi connectivity index (χ0n) is 32.8. The second-order valence-corrected chi connectivity index (χ2v) is 18.4. The summed E-state index contributed by atoms with van der Waals surface area (Å²) in [6.07, 6.45) is 5.85. The van der Waals surface area contributed by atoms with Crippen molar-refractivity contribution in [2.45, 2.75) is 192 Å². The minimum absolute atomic E-state index is 0.00727. The molecule has 6 aliphatic rings. The van der Waals surface area contributed by atoms with Gasteiger partial charge in [0.2, 0.25) is 0 Å². The topological polar surface area (TPSA) is 142 Å². The summed E-state index contributed by atoms with van der Waals surface area (Å²) in [5.74, 6) is -3.26. The van der Waals surface area contributed by atoms with Crippen LogP contribution in [0.25, 0.3) is 0 Å². The van der Waals surface area contributed by atoms with Gasteiger partial charge >= 0.3 is 5.97 Å². The molecule has 0 aromatic heterocycles. The number of ether oxygens (including phenoxy) is 7. The van der Waals surface area contributed by atoms with Gasteiger partial charge in [0.1, 0.15) is 0 Å². The largest absolute Gasteiger partial charge is 0.481 e. The molecule has 11 nitrogen and oxygen atoms in total. The second-order valence-electron chi connectivity index (χ2n) is 18.4. The van der Waals surface area contributed by atoms with Crippen LogP contribution >= 0.6 is 0 Å². The molecule has 6 heterocycles. The van der Waals surface area contributed by atoms with Gasteiger partial charge in [0.25, 0.3) is 0 Å². The van der Waals surface area contributed by atoms with Gasteiger partial charge in [0, 0.05) is 37.7 Å². The molecule has 0 radical (unpaired) electrons. The number of carbonyl (C=O) groups is 1. The fourth-order valence-electron chi connectivity index (χ4n) is 11.3. The molecule has 294 valence electrons. The van der Waals surface area contributed by atoms with E-state index in [1.807, 2.05) is 6.92 Å². The fourth-order valence-corrected chi connectivity index (χ4v) is 11.3. The van der Waals surface area contributed by atoms with Crippen molar-refractivity contribution in [2.75, 3.05) is 13.7 Å². The van der Waals surface area contributed by atoms with Crippen LogP contribution in [0.2, 0.25) is 0 Å². The summed E-state index contributed by atoms with van der Waals surface area (Å²) in [5, 5.41) is 30.7. The Kier molecular flexibility index (Phi) is 11.4. The first-order valence-corrected chi connectivity index (χ1v) is 20.0. The number of carboxylic acids is 1. The highest BCUT2D eigenvalue weighted by atomic mass is 16.7. The molecule has 0 bridgehead atoms. The molecular weight excluding hydrogens is 656 g/mol. The first-order chi connectivity index (χ1) is 23.9. The van der Waals surface area contributed by atoms with E-state index in [9.17, 15) is 20.1 Å². The predicted octanol–water partition coefficient (Wildman–Crippen LogP) is 5.71. The lowest BCUT2D eigenvalue weighted by molar-refractivity contribution is -0.353. The molecule has 3 N–H and O–H groups in total. The van der Waals surface area contributed by atoms with Crippen molar-refractivity contribution in [2.24, 2.45) is 41.4 Å². The minimum Gasteiger partial charge on any atom is -0.481 e. The molecule has 1 spiro atoms. The molecule has 4 unspecified atom stereocenters. The van der Waals surface area contributed by atoms with E-state index >= 15 is 0 Å². The maximum atomic E-state index is 11.8. The van der Waals surface area contributed by atoms with Gasteiger partial charge in [-0.2, -0.15) is 0 Å². The van der Waals surface area contributed by atoms with Gasteiger partial charge < -0.3 is 48.5 Å². The van der Waals surface area contributed by atoms with Gasteiger partial charge in [0.05, 0.1) is 72.6 Å². The molecule has 6 fully saturated rings. The highest BCUT2D eigenvalue weighted by Crippen LogP contribution is 2.57. The van der Waals surface area contributed by atoms with Crippen LogP contribution in [0, 0.1) is 41.4 Å². The van der Waals surface area contributed by atoms with Crippen LogP contribution in [-0.2, 0) is 38.0 Å². The molecule has 0 amide bonds. The van der Waals surface area contributed by atoms with E-state index in [0.29, 0.717) is 6.42 Å². The van der Waals surface area contributed by atoms with Crippen molar-refractivity contribution in [3.8, 4) is 0 Å². The summed E-state index contributed by atoms with van der Waals surface area (Å²) in [5.41, 5.74) is -1.10. The lowest BCUT2D eigenvalue weighted by atomic mass is 9.78. The molecule has 51 heavy (non-hydrogen) atoms. The Bertz CT molecular complexity index is 1230. The maximum Gasteiger partial charge on any atom is 0.308 e. The molecule has 6 saturated heterocycles. The van der Waals surface area contributed by atoms with Crippen LogP contribution in [0.1, 0.15) is 120 Å². The quantitative estimate of drug-likeness (QED) is 0.269. The summed E-state index contributed by atoms with van der Waals surface area (Å²) < 4.78 is 47.0. The number of aliphatic carboxylic acids is 1. The van der Waals surface area contributed by atoms with Crippen LogP contribution in [0.4, 0.5) is 0 Å². The van der Waals surface area contributed by atoms with Crippen molar-refractivity contribution in [3.05, 3.63) is 0 Å². The first-order valence-electron chi connectivity index (χ1n) is 20.0. The average molecular weight is 725 g/mol. The highest BCUT2D eigenvalue weighted by molar-refractivity contribution is 5.70. The number of carboxylic acid groups (broad SMARTS) is 1. The number of hydrogen-bond acceptors (Lipinski definition) is 10. The van der Waals surface area contributed by atoms with Crippen LogP contribution in [0.5, 0.6) is 0 Å². The van der Waals surface area contributed by atoms with Gasteiger partial charge in [-0.05, 0) is 83.5 Å². The van der Waals surface area contributed by atoms with Crippen molar-refractivity contribution in [3.63, 3.8) is 0 Å². The summed E-state index contributed by atoms with van der Waals surface area (Å²) in [6.45, 7) is 18.4. The van der Waals surface area contributed by atoms with Crippen molar-refractivity contribution >= 4 is 5.97 Å². The zero-order chi connectivity index (χ0) is 37.3. The standard InChI is InChI=1S/C40H68O11/c1-21-11-12-28(46-33(21)26(6)36(42)43)17-29-18-30(45-10)27(7)40(48-29)25(5)19-38(9,51-40)32-13-14-37(8,49-32)35-23(3)16-31(47-35)34-22(2)15-24(4)39(44,20-41)50-34/h21-35,41,44H,11-20H2,1-10H3,(H,42,43)/t21-,22-,23-,24?,25-,26-,27+,28+,29?,30-,31+,32?,33+,34-,35?,37+,38-,39-,40+/m0/s1. The molecule has 11 heteroatoms. The summed E-state index contributed by atoms with van der Waals surface area (Å²) in [4.78, 5) is 11.8. The Hall–Kier alpha value is -0.890. The molecular formula is C40H68O11. The summed E-state index contributed by atoms with van der Waals surface area (Å²) >= 11 is 0. The Morgan fingerprint density at radius 1 is 0.863 bits per heavy atom. The van der Waals surface area contributed by atoms with Gasteiger partial charge in [-0.3, -0.25) is 4.79 Å². The van der Waals surface area contributed by atoms with E-state index in [-0.39, 0.29) is 84.3 Å². The third-order valence-corrected chi connectivity index (χ3v) is 14.4. The summed E-state index contributed by atoms with van der Waals surface area (Å²) in [7, 11) is 1.77. The Morgan fingerprint density at radius 2 is 1.59 bits per heavy atom. The number of rotatable bonds is 9. The monoisotopic (exact) mass is 724 g/mol. The molecule has 0 aromatic carbocycles. The maximum absolute atomic E-state index is 11.8. The lowest BCUT2D eigenvalue weighted by Gasteiger charge is -2.50. The number of aliphatic hydroxyl groups is 2. The smallest absolute Gasteiger partial charge is 0.308 e. The molecule has 6 aliphatic heterocycles. The SMILES string of the molecule is CO[C@H]1CC(C[C@H]2CC[C@H](C)[C@H]([C@H](C)C(=O)O)O2)O[C@]2(O[C@](C)(C3CC[C@](C)(C4O[C@@H]([C@H]5O[C@@](O)(CO)C(C)C[C@@H]5C)C[C@@H]4C)O3)C[C@@H]2C)[C@@H]1C. The van der Waals surface area contributed by atoms with E-state index in [0.717, 1.165) is 51.4 Å². The Labute approximate surface area is 305 Å². The minimum atomic E-state index is -1.55. The zero-order valence-corrected chi connectivity index (χ0v) is 32.8. The van der Waals surface area contributed by atoms with Crippen molar-refractivity contribution < 1.29 is 53.3 Å². The average Bonchev–Trinajstić information content (AvgIpc) is 3.75. The van der Waals surface area contributed by atoms with E-state index in [2.05, 4.69) is 48.5 Å². The van der Waals surface area contributed by atoms with E-state index in [1.165, 1.54) is 0 Å². The molecule has 19 atom stereocenters. The van der Waals surface area contributed by atoms with Crippen molar-refractivity contribution in [1.29, 1.82) is 0 Å². The van der Waals surface area contributed by atoms with Gasteiger partial charge in [0.15, 0.2) is 11.6 Å². The fraction of sp³-hybridized carbons (Fsp3) is 0.975. The van der Waals surface area contributed by atoms with Crippen LogP contribution in [0.15, 0.2) is 0 Å². The van der Waals surface area contributed by atoms with Crippen LogP contribution < -0.4 is 0 Å². The van der Waals surface area contributed by atoms with Crippen LogP contribution in [0.3, 0.4) is 0 Å². The number of methoxy groups -OCH3 is 1. The van der Waals surface area contributed by atoms with Crippen LogP contribution in [-0.4, -0.2) is 107 Å². The third kappa shape index (κ3) is 7.19. The van der Waals surface area contributed by atoms with Gasteiger partial charge in [-0.15, -0.1) is 0 Å². The normalized spacial score (nSPS) is 54.2. The number of hydrogen-bond donors (Lipinski definition) is 3. The molecule has 6 rings (SSSR count).